The van der Waals surface area contributed by atoms with Gasteiger partial charge in [-0.3, -0.25) is 4.79 Å². The molecule has 1 rings (SSSR count). The molecule has 1 heterocycles. The standard InChI is InChI=1S/C9H16N4O2S/c1-3-4-10-7(8(14)15)5-16-9-11-6-12-13(9)2/h6-7,10H,3-5H2,1-2H3,(H,14,15). The maximum absolute atomic E-state index is 10.9. The zero-order valence-electron chi connectivity index (χ0n) is 9.38. The Morgan fingerprint density at radius 1 is 1.75 bits per heavy atom. The molecule has 16 heavy (non-hydrogen) atoms. The number of aliphatic carboxylic acids is 1. The highest BCUT2D eigenvalue weighted by molar-refractivity contribution is 7.99. The van der Waals surface area contributed by atoms with Gasteiger partial charge in [-0.1, -0.05) is 18.7 Å². The lowest BCUT2D eigenvalue weighted by molar-refractivity contribution is -0.138. The molecule has 0 saturated heterocycles. The Kier molecular flexibility index (Phi) is 5.27. The molecule has 0 aliphatic rings. The third kappa shape index (κ3) is 3.82. The monoisotopic (exact) mass is 244 g/mol. The molecule has 1 atom stereocenters. The molecule has 0 bridgehead atoms. The molecular formula is C9H16N4O2S. The van der Waals surface area contributed by atoms with Gasteiger partial charge in [0.1, 0.15) is 12.4 Å². The molecule has 0 spiro atoms. The SMILES string of the molecule is CCCNC(CSc1ncnn1C)C(=O)O. The van der Waals surface area contributed by atoms with Gasteiger partial charge < -0.3 is 10.4 Å². The average Bonchev–Trinajstić information content (AvgIpc) is 2.64. The van der Waals surface area contributed by atoms with Crippen molar-refractivity contribution < 1.29 is 9.90 Å². The first-order valence-corrected chi connectivity index (χ1v) is 6.06. The zero-order valence-corrected chi connectivity index (χ0v) is 10.2. The Balaban J connectivity index is 2.44. The number of rotatable bonds is 7. The minimum Gasteiger partial charge on any atom is -0.480 e. The van der Waals surface area contributed by atoms with Crippen molar-refractivity contribution in [3.63, 3.8) is 0 Å². The molecule has 0 aliphatic heterocycles. The van der Waals surface area contributed by atoms with Crippen LogP contribution in [0.5, 0.6) is 0 Å². The van der Waals surface area contributed by atoms with Crippen LogP contribution in [0.4, 0.5) is 0 Å². The second-order valence-corrected chi connectivity index (χ2v) is 4.31. The number of nitrogens with zero attached hydrogens (tertiary/aromatic N) is 3. The van der Waals surface area contributed by atoms with Crippen molar-refractivity contribution in [2.24, 2.45) is 7.05 Å². The molecule has 1 unspecified atom stereocenters. The maximum Gasteiger partial charge on any atom is 0.321 e. The maximum atomic E-state index is 10.9. The Hall–Kier alpha value is -1.08. The summed E-state index contributed by atoms with van der Waals surface area (Å²) in [7, 11) is 1.78. The molecular weight excluding hydrogens is 228 g/mol. The summed E-state index contributed by atoms with van der Waals surface area (Å²) in [6.07, 6.45) is 2.37. The topological polar surface area (TPSA) is 80.0 Å². The summed E-state index contributed by atoms with van der Waals surface area (Å²) in [6, 6.07) is -0.540. The van der Waals surface area contributed by atoms with E-state index in [0.29, 0.717) is 12.3 Å². The summed E-state index contributed by atoms with van der Waals surface area (Å²) in [5.41, 5.74) is 0. The van der Waals surface area contributed by atoms with E-state index in [4.69, 9.17) is 5.11 Å². The average molecular weight is 244 g/mol. The molecule has 1 aromatic rings. The van der Waals surface area contributed by atoms with E-state index in [9.17, 15) is 4.79 Å². The van der Waals surface area contributed by atoms with Crippen molar-refractivity contribution in [3.8, 4) is 0 Å². The van der Waals surface area contributed by atoms with Crippen LogP contribution in [0.3, 0.4) is 0 Å². The number of aromatic nitrogens is 3. The van der Waals surface area contributed by atoms with Gasteiger partial charge in [0.05, 0.1) is 0 Å². The molecule has 90 valence electrons. The molecule has 0 aromatic carbocycles. The smallest absolute Gasteiger partial charge is 0.321 e. The van der Waals surface area contributed by atoms with Crippen LogP contribution in [0.15, 0.2) is 11.5 Å². The van der Waals surface area contributed by atoms with Crippen molar-refractivity contribution in [2.45, 2.75) is 24.5 Å². The van der Waals surface area contributed by atoms with Gasteiger partial charge in [-0.05, 0) is 13.0 Å². The molecule has 0 radical (unpaired) electrons. The van der Waals surface area contributed by atoms with Crippen LogP contribution in [0.1, 0.15) is 13.3 Å². The lowest BCUT2D eigenvalue weighted by atomic mass is 10.3. The fraction of sp³-hybridized carbons (Fsp3) is 0.667. The summed E-state index contributed by atoms with van der Waals surface area (Å²) in [4.78, 5) is 15.0. The van der Waals surface area contributed by atoms with Gasteiger partial charge in [0, 0.05) is 12.8 Å². The van der Waals surface area contributed by atoms with Crippen LogP contribution in [0, 0.1) is 0 Å². The second kappa shape index (κ2) is 6.49. The van der Waals surface area contributed by atoms with Gasteiger partial charge in [-0.25, -0.2) is 9.67 Å². The summed E-state index contributed by atoms with van der Waals surface area (Å²) in [5, 5.41) is 16.6. The van der Waals surface area contributed by atoms with E-state index in [1.165, 1.54) is 18.1 Å². The number of carboxylic acid groups (broad SMARTS) is 1. The number of hydrogen-bond donors (Lipinski definition) is 2. The van der Waals surface area contributed by atoms with Gasteiger partial charge in [0.15, 0.2) is 5.16 Å². The summed E-state index contributed by atoms with van der Waals surface area (Å²) < 4.78 is 1.63. The van der Waals surface area contributed by atoms with Crippen molar-refractivity contribution in [3.05, 3.63) is 6.33 Å². The van der Waals surface area contributed by atoms with E-state index >= 15 is 0 Å². The molecule has 0 saturated carbocycles. The van der Waals surface area contributed by atoms with Gasteiger partial charge in [-0.15, -0.1) is 0 Å². The van der Waals surface area contributed by atoms with Crippen LogP contribution >= 0.6 is 11.8 Å². The third-order valence-corrected chi connectivity index (χ3v) is 3.12. The molecule has 1 aromatic heterocycles. The normalized spacial score (nSPS) is 12.6. The van der Waals surface area contributed by atoms with Crippen LogP contribution < -0.4 is 5.32 Å². The number of hydrogen-bond acceptors (Lipinski definition) is 5. The lowest BCUT2D eigenvalue weighted by Gasteiger charge is -2.12. The predicted octanol–water partition coefficient (Wildman–Crippen LogP) is 0.360. The first kappa shape index (κ1) is 13.0. The highest BCUT2D eigenvalue weighted by Gasteiger charge is 2.17. The van der Waals surface area contributed by atoms with E-state index < -0.39 is 12.0 Å². The molecule has 0 aliphatic carbocycles. The molecule has 2 N–H and O–H groups in total. The highest BCUT2D eigenvalue weighted by Crippen LogP contribution is 2.14. The largest absolute Gasteiger partial charge is 0.480 e. The first-order chi connectivity index (χ1) is 7.65. The first-order valence-electron chi connectivity index (χ1n) is 5.08. The lowest BCUT2D eigenvalue weighted by Crippen LogP contribution is -2.39. The van der Waals surface area contributed by atoms with Crippen molar-refractivity contribution in [1.29, 1.82) is 0 Å². The zero-order chi connectivity index (χ0) is 12.0. The van der Waals surface area contributed by atoms with Crippen LogP contribution in [-0.2, 0) is 11.8 Å². The Morgan fingerprint density at radius 2 is 2.50 bits per heavy atom. The van der Waals surface area contributed by atoms with Crippen LogP contribution in [-0.4, -0.2) is 44.2 Å². The molecule has 7 heteroatoms. The summed E-state index contributed by atoms with van der Waals surface area (Å²) in [6.45, 7) is 2.71. The fourth-order valence-electron chi connectivity index (χ4n) is 1.11. The number of aryl methyl sites for hydroxylation is 1. The Morgan fingerprint density at radius 3 is 3.00 bits per heavy atom. The quantitative estimate of drug-likeness (QED) is 0.674. The van der Waals surface area contributed by atoms with Crippen LogP contribution in [0.25, 0.3) is 0 Å². The molecule has 6 nitrogen and oxygen atoms in total. The van der Waals surface area contributed by atoms with E-state index in [0.717, 1.165) is 11.6 Å². The number of carboxylic acids is 1. The minimum absolute atomic E-state index is 0.446. The van der Waals surface area contributed by atoms with Crippen molar-refractivity contribution >= 4 is 17.7 Å². The second-order valence-electron chi connectivity index (χ2n) is 3.32. The van der Waals surface area contributed by atoms with E-state index in [1.54, 1.807) is 11.7 Å². The van der Waals surface area contributed by atoms with Gasteiger partial charge in [-0.2, -0.15) is 5.10 Å². The van der Waals surface area contributed by atoms with Crippen LogP contribution in [0.2, 0.25) is 0 Å². The summed E-state index contributed by atoms with van der Waals surface area (Å²) >= 11 is 1.39. The highest BCUT2D eigenvalue weighted by atomic mass is 32.2. The van der Waals surface area contributed by atoms with Crippen molar-refractivity contribution in [2.75, 3.05) is 12.3 Å². The Bertz CT molecular complexity index is 342. The van der Waals surface area contributed by atoms with E-state index in [1.807, 2.05) is 6.92 Å². The van der Waals surface area contributed by atoms with E-state index in [-0.39, 0.29) is 0 Å². The predicted molar refractivity (Wildman–Crippen MR) is 61.4 cm³/mol. The number of carbonyl (C=O) groups is 1. The fourth-order valence-corrected chi connectivity index (χ4v) is 2.04. The van der Waals surface area contributed by atoms with Gasteiger partial charge in [0.25, 0.3) is 0 Å². The molecule has 0 fully saturated rings. The summed E-state index contributed by atoms with van der Waals surface area (Å²) in [5.74, 6) is -0.384. The number of thioether (sulfide) groups is 1. The number of nitrogens with one attached hydrogen (secondary N) is 1. The third-order valence-electron chi connectivity index (χ3n) is 1.99. The van der Waals surface area contributed by atoms with Crippen molar-refractivity contribution in [1.82, 2.24) is 20.1 Å². The van der Waals surface area contributed by atoms with Gasteiger partial charge >= 0.3 is 5.97 Å². The minimum atomic E-state index is -0.830. The Labute approximate surface area is 98.4 Å². The van der Waals surface area contributed by atoms with E-state index in [2.05, 4.69) is 15.4 Å². The molecule has 0 amide bonds. The van der Waals surface area contributed by atoms with Gasteiger partial charge in [0.2, 0.25) is 0 Å².